The third-order valence-electron chi connectivity index (χ3n) is 5.31. The average Bonchev–Trinajstić information content (AvgIpc) is 3.07. The van der Waals surface area contributed by atoms with Crippen molar-refractivity contribution in [2.45, 2.75) is 20.4 Å². The van der Waals surface area contributed by atoms with Crippen LogP contribution in [-0.2, 0) is 11.3 Å². The van der Waals surface area contributed by atoms with E-state index < -0.39 is 0 Å². The summed E-state index contributed by atoms with van der Waals surface area (Å²) in [7, 11) is 0. The van der Waals surface area contributed by atoms with Crippen LogP contribution in [-0.4, -0.2) is 28.3 Å². The largest absolute Gasteiger partial charge is 0.489 e. The van der Waals surface area contributed by atoms with Crippen LogP contribution in [0.5, 0.6) is 11.5 Å². The van der Waals surface area contributed by atoms with E-state index in [1.807, 2.05) is 62.4 Å². The van der Waals surface area contributed by atoms with Crippen molar-refractivity contribution in [3.8, 4) is 11.5 Å². The highest BCUT2D eigenvalue weighted by atomic mass is 35.5. The summed E-state index contributed by atoms with van der Waals surface area (Å²) in [5.41, 5.74) is 3.92. The number of rotatable bonds is 8. The Bertz CT molecular complexity index is 1220. The number of thiocarbonyl (C=S) groups is 1. The molecule has 1 heterocycles. The Hall–Kier alpha value is -2.80. The molecule has 3 aromatic rings. The van der Waals surface area contributed by atoms with Crippen LogP contribution in [0.2, 0.25) is 5.02 Å². The highest BCUT2D eigenvalue weighted by molar-refractivity contribution is 8.26. The van der Waals surface area contributed by atoms with Crippen molar-refractivity contribution < 1.29 is 14.3 Å². The van der Waals surface area contributed by atoms with Crippen LogP contribution in [0, 0.1) is 13.8 Å². The van der Waals surface area contributed by atoms with Crippen LogP contribution < -0.4 is 9.47 Å². The molecule has 1 amide bonds. The van der Waals surface area contributed by atoms with Crippen LogP contribution in [0.25, 0.3) is 6.08 Å². The van der Waals surface area contributed by atoms with E-state index in [1.165, 1.54) is 11.8 Å². The first-order valence-corrected chi connectivity index (χ1v) is 12.4. The Balaban J connectivity index is 1.45. The number of halogens is 1. The maximum Gasteiger partial charge on any atom is 0.266 e. The van der Waals surface area contributed by atoms with E-state index in [1.54, 1.807) is 29.2 Å². The van der Waals surface area contributed by atoms with Crippen LogP contribution >= 0.6 is 35.6 Å². The third-order valence-corrected chi connectivity index (χ3v) is 6.92. The first-order valence-electron chi connectivity index (χ1n) is 10.8. The number of benzene rings is 3. The number of nitrogens with zero attached hydrogens (tertiary/aromatic N) is 1. The number of ether oxygens (including phenoxy) is 2. The molecule has 0 N–H and O–H groups in total. The Morgan fingerprint density at radius 1 is 0.971 bits per heavy atom. The van der Waals surface area contributed by atoms with E-state index in [4.69, 9.17) is 33.3 Å². The van der Waals surface area contributed by atoms with Crippen molar-refractivity contribution in [3.63, 3.8) is 0 Å². The van der Waals surface area contributed by atoms with Crippen molar-refractivity contribution in [2.24, 2.45) is 0 Å². The monoisotopic (exact) mass is 509 g/mol. The lowest BCUT2D eigenvalue weighted by atomic mass is 10.1. The predicted molar refractivity (Wildman–Crippen MR) is 144 cm³/mol. The van der Waals surface area contributed by atoms with Gasteiger partial charge in [-0.25, -0.2) is 0 Å². The number of hydrogen-bond donors (Lipinski definition) is 0. The maximum atomic E-state index is 13.1. The van der Waals surface area contributed by atoms with E-state index in [0.717, 1.165) is 28.0 Å². The second-order valence-corrected chi connectivity index (χ2v) is 9.97. The number of carbonyl (C=O) groups is 1. The molecule has 1 saturated heterocycles. The Morgan fingerprint density at radius 2 is 1.68 bits per heavy atom. The quantitative estimate of drug-likeness (QED) is 0.189. The number of hydrogen-bond acceptors (Lipinski definition) is 5. The van der Waals surface area contributed by atoms with Gasteiger partial charge in [-0.15, -0.1) is 0 Å². The van der Waals surface area contributed by atoms with Gasteiger partial charge in [0.05, 0.1) is 11.4 Å². The highest BCUT2D eigenvalue weighted by Gasteiger charge is 2.32. The predicted octanol–water partition coefficient (Wildman–Crippen LogP) is 6.82. The van der Waals surface area contributed by atoms with E-state index in [-0.39, 0.29) is 5.91 Å². The molecule has 0 aromatic heterocycles. The molecule has 1 aliphatic rings. The summed E-state index contributed by atoms with van der Waals surface area (Å²) < 4.78 is 12.5. The molecule has 4 nitrogen and oxygen atoms in total. The Labute approximate surface area is 214 Å². The zero-order valence-corrected chi connectivity index (χ0v) is 21.3. The summed E-state index contributed by atoms with van der Waals surface area (Å²) in [6, 6.07) is 21.2. The second kappa shape index (κ2) is 11.1. The summed E-state index contributed by atoms with van der Waals surface area (Å²) in [5.74, 6) is 1.38. The summed E-state index contributed by atoms with van der Waals surface area (Å²) in [4.78, 5) is 15.2. The fourth-order valence-corrected chi connectivity index (χ4v) is 5.06. The molecule has 0 unspecified atom stereocenters. The first kappa shape index (κ1) is 24.3. The number of carbonyl (C=O) groups excluding carboxylic acids is 1. The van der Waals surface area contributed by atoms with Crippen molar-refractivity contribution in [2.75, 3.05) is 13.2 Å². The van der Waals surface area contributed by atoms with Gasteiger partial charge in [-0.3, -0.25) is 9.69 Å². The minimum absolute atomic E-state index is 0.122. The van der Waals surface area contributed by atoms with Crippen LogP contribution in [0.15, 0.2) is 71.6 Å². The lowest BCUT2D eigenvalue weighted by Crippen LogP contribution is -2.27. The van der Waals surface area contributed by atoms with Crippen molar-refractivity contribution >= 4 is 51.9 Å². The standard InChI is InChI=1S/C27H24ClNO3S2/c1-18-7-6-8-19(2)25(18)32-14-13-31-23-12-11-22(28)15-21(23)16-24-26(30)29(27(33)34-24)17-20-9-4-3-5-10-20/h3-12,15-16H,13-14,17H2,1-2H3. The van der Waals surface area contributed by atoms with Gasteiger partial charge < -0.3 is 9.47 Å². The number of aryl methyl sites for hydroxylation is 2. The van der Waals surface area contributed by atoms with Gasteiger partial charge in [-0.1, -0.05) is 84.1 Å². The first-order chi connectivity index (χ1) is 16.4. The topological polar surface area (TPSA) is 38.8 Å². The molecular formula is C27H24ClNO3S2. The van der Waals surface area contributed by atoms with Crippen LogP contribution in [0.4, 0.5) is 0 Å². The number of amides is 1. The third kappa shape index (κ3) is 5.81. The smallest absolute Gasteiger partial charge is 0.266 e. The lowest BCUT2D eigenvalue weighted by molar-refractivity contribution is -0.122. The summed E-state index contributed by atoms with van der Waals surface area (Å²) >= 11 is 13.0. The van der Waals surface area contributed by atoms with E-state index in [9.17, 15) is 4.79 Å². The number of thioether (sulfide) groups is 1. The zero-order valence-electron chi connectivity index (χ0n) is 18.9. The molecule has 0 saturated carbocycles. The van der Waals surface area contributed by atoms with Gasteiger partial charge in [0, 0.05) is 10.6 Å². The normalized spacial score (nSPS) is 14.7. The molecule has 0 atom stereocenters. The molecule has 0 aliphatic carbocycles. The van der Waals surface area contributed by atoms with Gasteiger partial charge in [0.15, 0.2) is 0 Å². The molecular weight excluding hydrogens is 486 g/mol. The fraction of sp³-hybridized carbons (Fsp3) is 0.185. The summed E-state index contributed by atoms with van der Waals surface area (Å²) in [5, 5.41) is 0.560. The van der Waals surface area contributed by atoms with E-state index in [2.05, 4.69) is 0 Å². The molecule has 0 spiro atoms. The molecule has 0 bridgehead atoms. The Morgan fingerprint density at radius 3 is 2.41 bits per heavy atom. The lowest BCUT2D eigenvalue weighted by Gasteiger charge is -2.14. The zero-order chi connectivity index (χ0) is 24.1. The average molecular weight is 510 g/mol. The molecule has 174 valence electrons. The van der Waals surface area contributed by atoms with Crippen LogP contribution in [0.1, 0.15) is 22.3 Å². The van der Waals surface area contributed by atoms with Crippen molar-refractivity contribution in [1.29, 1.82) is 0 Å². The molecule has 1 fully saturated rings. The van der Waals surface area contributed by atoms with Gasteiger partial charge in [0.25, 0.3) is 5.91 Å². The molecule has 7 heteroatoms. The summed E-state index contributed by atoms with van der Waals surface area (Å²) in [6.07, 6.45) is 1.79. The van der Waals surface area contributed by atoms with Gasteiger partial charge in [-0.2, -0.15) is 0 Å². The van der Waals surface area contributed by atoms with Crippen molar-refractivity contribution in [1.82, 2.24) is 4.90 Å². The minimum Gasteiger partial charge on any atom is -0.489 e. The number of para-hydroxylation sites is 1. The summed E-state index contributed by atoms with van der Waals surface area (Å²) in [6.45, 7) is 5.23. The van der Waals surface area contributed by atoms with Crippen LogP contribution in [0.3, 0.4) is 0 Å². The van der Waals surface area contributed by atoms with Gasteiger partial charge in [0.2, 0.25) is 0 Å². The fourth-order valence-electron chi connectivity index (χ4n) is 3.63. The van der Waals surface area contributed by atoms with Crippen molar-refractivity contribution in [3.05, 3.63) is 98.9 Å². The van der Waals surface area contributed by atoms with Gasteiger partial charge in [0.1, 0.15) is 29.0 Å². The molecule has 1 aliphatic heterocycles. The SMILES string of the molecule is Cc1cccc(C)c1OCCOc1ccc(Cl)cc1C=C1SC(=S)N(Cc2ccccc2)C1=O. The Kier molecular flexibility index (Phi) is 7.93. The van der Waals surface area contributed by atoms with Gasteiger partial charge >= 0.3 is 0 Å². The molecule has 4 rings (SSSR count). The maximum absolute atomic E-state index is 13.1. The molecule has 3 aromatic carbocycles. The second-order valence-electron chi connectivity index (χ2n) is 7.85. The highest BCUT2D eigenvalue weighted by Crippen LogP contribution is 2.36. The molecule has 34 heavy (non-hydrogen) atoms. The minimum atomic E-state index is -0.122. The van der Waals surface area contributed by atoms with E-state index in [0.29, 0.717) is 39.8 Å². The van der Waals surface area contributed by atoms with Gasteiger partial charge in [-0.05, 0) is 54.8 Å². The van der Waals surface area contributed by atoms with E-state index >= 15 is 0 Å². The molecule has 0 radical (unpaired) electrons.